The third-order valence-corrected chi connectivity index (χ3v) is 6.30. The van der Waals surface area contributed by atoms with E-state index in [2.05, 4.69) is 15.6 Å². The lowest BCUT2D eigenvalue weighted by atomic mass is 10.0. The summed E-state index contributed by atoms with van der Waals surface area (Å²) in [5.74, 6) is 0.0252. The molecule has 0 saturated carbocycles. The van der Waals surface area contributed by atoms with Gasteiger partial charge in [-0.2, -0.15) is 0 Å². The number of carbonyl (C=O) groups is 2. The third kappa shape index (κ3) is 5.68. The van der Waals surface area contributed by atoms with E-state index in [4.69, 9.17) is 15.2 Å². The maximum atomic E-state index is 13.1. The van der Waals surface area contributed by atoms with E-state index in [0.29, 0.717) is 46.6 Å². The first-order valence-electron chi connectivity index (χ1n) is 12.1. The number of ether oxygens (including phenoxy) is 2. The number of aromatic amines is 1. The summed E-state index contributed by atoms with van der Waals surface area (Å²) >= 11 is 0. The normalized spacial score (nSPS) is 11.6. The van der Waals surface area contributed by atoms with Gasteiger partial charge in [-0.05, 0) is 55.3 Å². The smallest absolute Gasteiger partial charge is 0.261 e. The van der Waals surface area contributed by atoms with Crippen LogP contribution in [0.4, 0.5) is 5.69 Å². The zero-order chi connectivity index (χ0) is 27.2. The maximum Gasteiger partial charge on any atom is 0.261 e. The Hall–Kier alpha value is -4.63. The summed E-state index contributed by atoms with van der Waals surface area (Å²) in [5, 5.41) is 6.40. The number of aryl methyl sites for hydroxylation is 1. The number of nitrogens with two attached hydrogens (primary N) is 1. The number of H-pyrrole nitrogens is 1. The van der Waals surface area contributed by atoms with E-state index in [-0.39, 0.29) is 17.5 Å². The van der Waals surface area contributed by atoms with Crippen LogP contribution in [-0.4, -0.2) is 37.6 Å². The summed E-state index contributed by atoms with van der Waals surface area (Å²) in [5.41, 5.74) is 8.13. The Bertz CT molecular complexity index is 1530. The summed E-state index contributed by atoms with van der Waals surface area (Å²) in [6.45, 7) is 2.22. The lowest BCUT2D eigenvalue weighted by molar-refractivity contribution is 0.0934. The van der Waals surface area contributed by atoms with Crippen molar-refractivity contribution in [3.8, 4) is 11.5 Å². The minimum atomic E-state index is -0.603. The van der Waals surface area contributed by atoms with Crippen LogP contribution in [0.2, 0.25) is 0 Å². The summed E-state index contributed by atoms with van der Waals surface area (Å²) in [6.07, 6.45) is 0.576. The molecule has 0 unspecified atom stereocenters. The Labute approximate surface area is 220 Å². The molecule has 0 aliphatic carbocycles. The number of methoxy groups -OCH3 is 2. The van der Waals surface area contributed by atoms with Crippen LogP contribution in [0.15, 0.2) is 71.5 Å². The molecule has 0 bridgehead atoms. The van der Waals surface area contributed by atoms with Crippen LogP contribution in [0, 0.1) is 6.92 Å². The minimum Gasteiger partial charge on any atom is -0.493 e. The molecule has 4 aromatic rings. The first kappa shape index (κ1) is 26.4. The fourth-order valence-corrected chi connectivity index (χ4v) is 4.21. The van der Waals surface area contributed by atoms with E-state index in [9.17, 15) is 14.4 Å². The number of carbonyl (C=O) groups excluding carboxylic acids is 2. The van der Waals surface area contributed by atoms with Gasteiger partial charge in [0, 0.05) is 22.7 Å². The van der Waals surface area contributed by atoms with Crippen molar-refractivity contribution in [3.63, 3.8) is 0 Å². The highest BCUT2D eigenvalue weighted by Crippen LogP contribution is 2.31. The topological polar surface area (TPSA) is 136 Å². The van der Waals surface area contributed by atoms with E-state index >= 15 is 0 Å². The minimum absolute atomic E-state index is 0.0777. The Kier molecular flexibility index (Phi) is 8.08. The number of hydrogen-bond donors (Lipinski definition) is 4. The van der Waals surface area contributed by atoms with Crippen molar-refractivity contribution in [2.75, 3.05) is 26.1 Å². The van der Waals surface area contributed by atoms with E-state index < -0.39 is 11.5 Å². The van der Waals surface area contributed by atoms with Gasteiger partial charge in [-0.3, -0.25) is 14.4 Å². The largest absolute Gasteiger partial charge is 0.493 e. The van der Waals surface area contributed by atoms with Gasteiger partial charge >= 0.3 is 0 Å². The molecular formula is C29H30N4O5. The van der Waals surface area contributed by atoms with Gasteiger partial charge in [0.15, 0.2) is 11.5 Å². The molecule has 9 nitrogen and oxygen atoms in total. The highest BCUT2D eigenvalue weighted by molar-refractivity contribution is 6.07. The summed E-state index contributed by atoms with van der Waals surface area (Å²) in [4.78, 5) is 41.7. The quantitative estimate of drug-likeness (QED) is 0.267. The van der Waals surface area contributed by atoms with Crippen LogP contribution in [0.1, 0.15) is 44.3 Å². The van der Waals surface area contributed by atoms with Crippen molar-refractivity contribution in [2.45, 2.75) is 19.4 Å². The van der Waals surface area contributed by atoms with Crippen LogP contribution in [0.25, 0.3) is 10.9 Å². The van der Waals surface area contributed by atoms with Gasteiger partial charge in [0.2, 0.25) is 0 Å². The molecule has 2 amide bonds. The zero-order valence-corrected chi connectivity index (χ0v) is 21.5. The number of rotatable bonds is 9. The van der Waals surface area contributed by atoms with Gasteiger partial charge in [-0.15, -0.1) is 0 Å². The second-order valence-electron chi connectivity index (χ2n) is 8.80. The molecule has 0 saturated heterocycles. The predicted octanol–water partition coefficient (Wildman–Crippen LogP) is 3.93. The summed E-state index contributed by atoms with van der Waals surface area (Å²) in [6, 6.07) is 19.2. The monoisotopic (exact) mass is 514 g/mol. The Balaban J connectivity index is 1.58. The van der Waals surface area contributed by atoms with E-state index in [1.54, 1.807) is 37.3 Å². The molecule has 3 aromatic carbocycles. The molecule has 0 spiro atoms. The molecule has 9 heteroatoms. The van der Waals surface area contributed by atoms with Gasteiger partial charge in [0.1, 0.15) is 5.56 Å². The number of anilines is 1. The van der Waals surface area contributed by atoms with Gasteiger partial charge in [0.25, 0.3) is 17.4 Å². The molecule has 0 aliphatic heterocycles. The second-order valence-corrected chi connectivity index (χ2v) is 8.80. The molecule has 4 rings (SSSR count). The van der Waals surface area contributed by atoms with Crippen molar-refractivity contribution in [2.24, 2.45) is 5.73 Å². The molecule has 1 heterocycles. The molecule has 1 atom stereocenters. The van der Waals surface area contributed by atoms with Crippen molar-refractivity contribution in [1.82, 2.24) is 10.3 Å². The first-order valence-corrected chi connectivity index (χ1v) is 12.1. The SMILES string of the molecule is COc1cc2cc(C(=O)Nc3cc(C(=O)N[C@@H](CCN)c4ccccc4)ccc3C)c(=O)[nH]c2cc1OC. The highest BCUT2D eigenvalue weighted by Gasteiger charge is 2.18. The van der Waals surface area contributed by atoms with Crippen LogP contribution < -0.4 is 31.4 Å². The molecule has 0 fully saturated rings. The molecule has 196 valence electrons. The molecule has 1 aromatic heterocycles. The number of amides is 2. The van der Waals surface area contributed by atoms with Crippen LogP contribution in [-0.2, 0) is 0 Å². The lowest BCUT2D eigenvalue weighted by Gasteiger charge is -2.19. The van der Waals surface area contributed by atoms with Crippen molar-refractivity contribution in [3.05, 3.63) is 99.3 Å². The Morgan fingerprint density at radius 3 is 2.34 bits per heavy atom. The van der Waals surface area contributed by atoms with Crippen LogP contribution in [0.3, 0.4) is 0 Å². The number of benzene rings is 3. The molecule has 38 heavy (non-hydrogen) atoms. The molecule has 5 N–H and O–H groups in total. The number of nitrogens with one attached hydrogen (secondary N) is 3. The standard InChI is InChI=1S/C29H30N4O5/c1-17-9-10-19(27(34)31-22(11-12-30)18-7-5-4-6-8-18)14-23(17)32-28(35)21-13-20-15-25(37-2)26(38-3)16-24(20)33-29(21)36/h4-10,13-16,22H,11-12,30H2,1-3H3,(H,31,34)(H,32,35)(H,33,36)/t22-/m0/s1. The Morgan fingerprint density at radius 2 is 1.66 bits per heavy atom. The second kappa shape index (κ2) is 11.6. The maximum absolute atomic E-state index is 13.1. The van der Waals surface area contributed by atoms with Crippen molar-refractivity contribution < 1.29 is 19.1 Å². The average molecular weight is 515 g/mol. The molecular weight excluding hydrogens is 484 g/mol. The fourth-order valence-electron chi connectivity index (χ4n) is 4.21. The number of pyridine rings is 1. The van der Waals surface area contributed by atoms with Crippen LogP contribution in [0.5, 0.6) is 11.5 Å². The van der Waals surface area contributed by atoms with Gasteiger partial charge < -0.3 is 30.8 Å². The highest BCUT2D eigenvalue weighted by atomic mass is 16.5. The number of hydrogen-bond acceptors (Lipinski definition) is 6. The number of aromatic nitrogens is 1. The van der Waals surface area contributed by atoms with Crippen LogP contribution >= 0.6 is 0 Å². The van der Waals surface area contributed by atoms with Crippen molar-refractivity contribution >= 4 is 28.4 Å². The summed E-state index contributed by atoms with van der Waals surface area (Å²) < 4.78 is 10.6. The molecule has 0 radical (unpaired) electrons. The fraction of sp³-hybridized carbons (Fsp3) is 0.207. The predicted molar refractivity (Wildman–Crippen MR) is 147 cm³/mol. The summed E-state index contributed by atoms with van der Waals surface area (Å²) in [7, 11) is 3.01. The van der Waals surface area contributed by atoms with Crippen molar-refractivity contribution in [1.29, 1.82) is 0 Å². The van der Waals surface area contributed by atoms with Gasteiger partial charge in [-0.1, -0.05) is 36.4 Å². The first-order chi connectivity index (χ1) is 18.3. The van der Waals surface area contributed by atoms with Gasteiger partial charge in [0.05, 0.1) is 25.8 Å². The van der Waals surface area contributed by atoms with E-state index in [1.807, 2.05) is 30.3 Å². The average Bonchev–Trinajstić information content (AvgIpc) is 2.93. The van der Waals surface area contributed by atoms with E-state index in [1.165, 1.54) is 20.3 Å². The molecule has 0 aliphatic rings. The third-order valence-electron chi connectivity index (χ3n) is 6.30. The van der Waals surface area contributed by atoms with Gasteiger partial charge in [-0.25, -0.2) is 0 Å². The zero-order valence-electron chi connectivity index (χ0n) is 21.5. The number of fused-ring (bicyclic) bond motifs is 1. The van der Waals surface area contributed by atoms with E-state index in [0.717, 1.165) is 11.1 Å². The lowest BCUT2D eigenvalue weighted by Crippen LogP contribution is -2.30. The Morgan fingerprint density at radius 1 is 0.947 bits per heavy atom.